The number of amides is 2. The fraction of sp³-hybridized carbons (Fsp3) is 0.200. The lowest BCUT2D eigenvalue weighted by molar-refractivity contribution is -0.122. The normalized spacial score (nSPS) is 17.5. The standard InChI is InChI=1S/C30H26ClFN4O5/c1-40-21-9-5-18(6-10-21)16-41-17-22-27(28(22)30(39)35-25-12-7-19(31)15-33-25)29(38)34-24-11-8-20(14-23(24)32)36-13-3-2-4-26(36)37/h2-15,22,27-28H,16-17H2,1H3,(H,34,38)(H,33,35,39)/t22-,27+,28-/m0/s1. The first-order valence-electron chi connectivity index (χ1n) is 12.8. The molecule has 41 heavy (non-hydrogen) atoms. The van der Waals surface area contributed by atoms with Gasteiger partial charge in [0.25, 0.3) is 5.56 Å². The minimum absolute atomic E-state index is 0.0638. The van der Waals surface area contributed by atoms with Crippen molar-refractivity contribution in [2.45, 2.75) is 6.61 Å². The van der Waals surface area contributed by atoms with Gasteiger partial charge in [0.05, 0.1) is 48.6 Å². The number of anilines is 2. The van der Waals surface area contributed by atoms with E-state index in [0.29, 0.717) is 16.5 Å². The zero-order chi connectivity index (χ0) is 28.9. The molecule has 2 N–H and O–H groups in total. The molecule has 1 aliphatic rings. The summed E-state index contributed by atoms with van der Waals surface area (Å²) in [7, 11) is 1.58. The summed E-state index contributed by atoms with van der Waals surface area (Å²) >= 11 is 5.88. The molecular weight excluding hydrogens is 551 g/mol. The Hall–Kier alpha value is -4.54. The van der Waals surface area contributed by atoms with Crippen LogP contribution in [-0.4, -0.2) is 35.1 Å². The van der Waals surface area contributed by atoms with Gasteiger partial charge in [-0.1, -0.05) is 29.8 Å². The number of pyridine rings is 2. The van der Waals surface area contributed by atoms with Crippen molar-refractivity contribution in [3.05, 3.63) is 112 Å². The molecule has 3 atom stereocenters. The Morgan fingerprint density at radius 3 is 2.41 bits per heavy atom. The molecule has 9 nitrogen and oxygen atoms in total. The van der Waals surface area contributed by atoms with Crippen LogP contribution >= 0.6 is 11.6 Å². The van der Waals surface area contributed by atoms with E-state index in [1.54, 1.807) is 31.4 Å². The molecule has 0 bridgehead atoms. The highest BCUT2D eigenvalue weighted by Gasteiger charge is 2.59. The predicted molar refractivity (Wildman–Crippen MR) is 152 cm³/mol. The van der Waals surface area contributed by atoms with E-state index in [1.165, 1.54) is 35.2 Å². The number of hydrogen-bond acceptors (Lipinski definition) is 6. The van der Waals surface area contributed by atoms with Gasteiger partial charge in [-0.25, -0.2) is 9.37 Å². The molecule has 0 aliphatic heterocycles. The maximum absolute atomic E-state index is 15.0. The van der Waals surface area contributed by atoms with Crippen molar-refractivity contribution in [2.75, 3.05) is 24.4 Å². The van der Waals surface area contributed by atoms with Gasteiger partial charge >= 0.3 is 0 Å². The summed E-state index contributed by atoms with van der Waals surface area (Å²) in [5.41, 5.74) is 0.836. The van der Waals surface area contributed by atoms with E-state index in [-0.39, 0.29) is 24.5 Å². The Morgan fingerprint density at radius 1 is 1.00 bits per heavy atom. The monoisotopic (exact) mass is 576 g/mol. The van der Waals surface area contributed by atoms with Crippen LogP contribution in [0.3, 0.4) is 0 Å². The van der Waals surface area contributed by atoms with Crippen LogP contribution in [0.1, 0.15) is 5.56 Å². The molecule has 0 radical (unpaired) electrons. The first-order valence-corrected chi connectivity index (χ1v) is 13.1. The van der Waals surface area contributed by atoms with Crippen molar-refractivity contribution in [1.29, 1.82) is 0 Å². The van der Waals surface area contributed by atoms with E-state index in [2.05, 4.69) is 15.6 Å². The number of methoxy groups -OCH3 is 1. The number of carbonyl (C=O) groups excluding carboxylic acids is 2. The number of nitrogens with one attached hydrogen (secondary N) is 2. The van der Waals surface area contributed by atoms with E-state index < -0.39 is 35.4 Å². The van der Waals surface area contributed by atoms with Gasteiger partial charge in [-0.15, -0.1) is 0 Å². The van der Waals surface area contributed by atoms with Gasteiger partial charge in [-0.2, -0.15) is 0 Å². The molecule has 2 aromatic heterocycles. The number of ether oxygens (including phenoxy) is 2. The van der Waals surface area contributed by atoms with Crippen LogP contribution in [0.5, 0.6) is 5.75 Å². The smallest absolute Gasteiger partial charge is 0.255 e. The van der Waals surface area contributed by atoms with Gasteiger partial charge < -0.3 is 20.1 Å². The number of halogens is 2. The van der Waals surface area contributed by atoms with Crippen molar-refractivity contribution in [1.82, 2.24) is 9.55 Å². The molecule has 1 fully saturated rings. The third kappa shape index (κ3) is 6.62. The molecule has 2 amide bonds. The Balaban J connectivity index is 1.28. The number of carbonyl (C=O) groups is 2. The van der Waals surface area contributed by atoms with Crippen LogP contribution in [0.25, 0.3) is 5.69 Å². The quantitative estimate of drug-likeness (QED) is 0.283. The fourth-order valence-electron chi connectivity index (χ4n) is 4.60. The second kappa shape index (κ2) is 12.3. The summed E-state index contributed by atoms with van der Waals surface area (Å²) in [6, 6.07) is 19.2. The zero-order valence-electron chi connectivity index (χ0n) is 21.9. The predicted octanol–water partition coefficient (Wildman–Crippen LogP) is 4.69. The number of nitrogens with zero attached hydrogens (tertiary/aromatic N) is 2. The highest BCUT2D eigenvalue weighted by atomic mass is 35.5. The minimum atomic E-state index is -0.756. The van der Waals surface area contributed by atoms with Crippen molar-refractivity contribution in [3.63, 3.8) is 0 Å². The molecule has 210 valence electrons. The van der Waals surface area contributed by atoms with Gasteiger partial charge in [0, 0.05) is 30.4 Å². The van der Waals surface area contributed by atoms with E-state index >= 15 is 0 Å². The Bertz CT molecular complexity index is 1610. The lowest BCUT2D eigenvalue weighted by Crippen LogP contribution is -2.21. The maximum Gasteiger partial charge on any atom is 0.255 e. The van der Waals surface area contributed by atoms with Crippen molar-refractivity contribution in [3.8, 4) is 11.4 Å². The van der Waals surface area contributed by atoms with Crippen LogP contribution < -0.4 is 20.9 Å². The van der Waals surface area contributed by atoms with E-state index in [9.17, 15) is 18.8 Å². The summed E-state index contributed by atoms with van der Waals surface area (Å²) < 4.78 is 27.3. The second-order valence-electron chi connectivity index (χ2n) is 9.49. The molecule has 11 heteroatoms. The van der Waals surface area contributed by atoms with E-state index in [0.717, 1.165) is 17.4 Å². The molecule has 1 aliphatic carbocycles. The molecule has 4 aromatic rings. The van der Waals surface area contributed by atoms with E-state index in [4.69, 9.17) is 21.1 Å². The highest BCUT2D eigenvalue weighted by molar-refractivity contribution is 6.30. The zero-order valence-corrected chi connectivity index (χ0v) is 22.7. The molecule has 0 saturated heterocycles. The average Bonchev–Trinajstić information content (AvgIpc) is 3.70. The largest absolute Gasteiger partial charge is 0.497 e. The first-order chi connectivity index (χ1) is 19.8. The first kappa shape index (κ1) is 28.0. The van der Waals surface area contributed by atoms with Crippen LogP contribution in [0.2, 0.25) is 5.02 Å². The third-order valence-electron chi connectivity index (χ3n) is 6.80. The van der Waals surface area contributed by atoms with Crippen LogP contribution in [0.15, 0.2) is 90.0 Å². The number of aromatic nitrogens is 2. The Morgan fingerprint density at radius 2 is 1.76 bits per heavy atom. The van der Waals surface area contributed by atoms with Crippen LogP contribution in [0, 0.1) is 23.6 Å². The molecule has 0 unspecified atom stereocenters. The molecule has 0 spiro atoms. The molecular formula is C30H26ClFN4O5. The number of rotatable bonds is 10. The average molecular weight is 577 g/mol. The lowest BCUT2D eigenvalue weighted by atomic mass is 10.2. The van der Waals surface area contributed by atoms with Crippen molar-refractivity contribution in [2.24, 2.45) is 17.8 Å². The van der Waals surface area contributed by atoms with Gasteiger partial charge in [0.15, 0.2) is 0 Å². The number of benzene rings is 2. The molecule has 1 saturated carbocycles. The Kier molecular flexibility index (Phi) is 8.42. The minimum Gasteiger partial charge on any atom is -0.497 e. The Labute approximate surface area is 239 Å². The van der Waals surface area contributed by atoms with Gasteiger partial charge in [-0.05, 0) is 48.0 Å². The number of hydrogen-bond donors (Lipinski definition) is 2. The SMILES string of the molecule is COc1ccc(COC[C@H]2[C@@H](C(=O)Nc3ccc(-n4ccccc4=O)cc3F)[C@H]2C(=O)Nc2ccc(Cl)cn2)cc1. The molecule has 5 rings (SSSR count). The van der Waals surface area contributed by atoms with Gasteiger partial charge in [0.1, 0.15) is 17.4 Å². The third-order valence-corrected chi connectivity index (χ3v) is 7.03. The fourth-order valence-corrected chi connectivity index (χ4v) is 4.71. The van der Waals surface area contributed by atoms with Crippen molar-refractivity contribution >= 4 is 34.9 Å². The van der Waals surface area contributed by atoms with Crippen LogP contribution in [0.4, 0.5) is 15.9 Å². The van der Waals surface area contributed by atoms with E-state index in [1.807, 2.05) is 24.3 Å². The molecule has 2 aromatic carbocycles. The second-order valence-corrected chi connectivity index (χ2v) is 9.93. The van der Waals surface area contributed by atoms with Gasteiger partial charge in [-0.3, -0.25) is 19.0 Å². The maximum atomic E-state index is 15.0. The summed E-state index contributed by atoms with van der Waals surface area (Å²) in [5, 5.41) is 5.72. The van der Waals surface area contributed by atoms with Crippen molar-refractivity contribution < 1.29 is 23.5 Å². The summed E-state index contributed by atoms with van der Waals surface area (Å²) in [6.45, 7) is 0.408. The summed E-state index contributed by atoms with van der Waals surface area (Å²) in [5.74, 6) is -2.54. The van der Waals surface area contributed by atoms with Crippen LogP contribution in [-0.2, 0) is 20.9 Å². The highest BCUT2D eigenvalue weighted by Crippen LogP contribution is 2.48. The lowest BCUT2D eigenvalue weighted by Gasteiger charge is -2.10. The summed E-state index contributed by atoms with van der Waals surface area (Å²) in [6.07, 6.45) is 2.93. The molecule has 2 heterocycles. The van der Waals surface area contributed by atoms with Gasteiger partial charge in [0.2, 0.25) is 11.8 Å². The summed E-state index contributed by atoms with van der Waals surface area (Å²) in [4.78, 5) is 42.5. The topological polar surface area (TPSA) is 112 Å².